The van der Waals surface area contributed by atoms with E-state index in [0.717, 1.165) is 24.3 Å². The number of benzene rings is 2. The summed E-state index contributed by atoms with van der Waals surface area (Å²) in [6.07, 6.45) is -0.287. The summed E-state index contributed by atoms with van der Waals surface area (Å²) in [5.41, 5.74) is 4.02. The molecule has 26 heavy (non-hydrogen) atoms. The van der Waals surface area contributed by atoms with Gasteiger partial charge >= 0.3 is 5.69 Å². The van der Waals surface area contributed by atoms with Crippen molar-refractivity contribution in [3.05, 3.63) is 75.1 Å². The van der Waals surface area contributed by atoms with Crippen molar-refractivity contribution in [3.8, 4) is 0 Å². The molecule has 1 atom stereocenters. The Kier molecular flexibility index (Phi) is 5.55. The molecule has 136 valence electrons. The van der Waals surface area contributed by atoms with Crippen LogP contribution in [0.5, 0.6) is 0 Å². The number of nitro groups is 1. The first-order valence-electron chi connectivity index (χ1n) is 7.17. The lowest BCUT2D eigenvalue weighted by Crippen LogP contribution is -2.46. The van der Waals surface area contributed by atoms with Crippen molar-refractivity contribution in [2.45, 2.75) is 12.5 Å². The number of nitrogens with one attached hydrogen (secondary N) is 1. The topological polar surface area (TPSA) is 115 Å². The predicted octanol–water partition coefficient (Wildman–Crippen LogP) is 1.84. The molecular formula is C16H12F3N3O4. The van der Waals surface area contributed by atoms with E-state index >= 15 is 0 Å². The molecule has 2 aromatic rings. The van der Waals surface area contributed by atoms with Gasteiger partial charge in [-0.25, -0.2) is 8.78 Å². The first-order valence-corrected chi connectivity index (χ1v) is 7.17. The maximum atomic E-state index is 13.6. The van der Waals surface area contributed by atoms with Crippen LogP contribution in [0.25, 0.3) is 0 Å². The molecule has 0 saturated carbocycles. The van der Waals surface area contributed by atoms with Crippen LogP contribution in [0.15, 0.2) is 36.4 Å². The van der Waals surface area contributed by atoms with E-state index in [4.69, 9.17) is 5.73 Å². The average Bonchev–Trinajstić information content (AvgIpc) is 2.55. The van der Waals surface area contributed by atoms with Crippen molar-refractivity contribution in [2.24, 2.45) is 5.73 Å². The Morgan fingerprint density at radius 2 is 1.81 bits per heavy atom. The second-order valence-electron chi connectivity index (χ2n) is 5.30. The van der Waals surface area contributed by atoms with Gasteiger partial charge in [0.25, 0.3) is 5.91 Å². The normalized spacial score (nSPS) is 11.7. The molecule has 7 nitrogen and oxygen atoms in total. The number of nitrogens with two attached hydrogens (primary N) is 1. The van der Waals surface area contributed by atoms with E-state index < -0.39 is 51.5 Å². The minimum absolute atomic E-state index is 0.154. The second-order valence-corrected chi connectivity index (χ2v) is 5.30. The molecule has 0 spiro atoms. The van der Waals surface area contributed by atoms with Gasteiger partial charge in [0.05, 0.1) is 10.5 Å². The van der Waals surface area contributed by atoms with Crippen molar-refractivity contribution >= 4 is 17.5 Å². The highest BCUT2D eigenvalue weighted by atomic mass is 19.1. The third-order valence-electron chi connectivity index (χ3n) is 3.47. The zero-order valence-corrected chi connectivity index (χ0v) is 13.0. The summed E-state index contributed by atoms with van der Waals surface area (Å²) >= 11 is 0. The Bertz CT molecular complexity index is 889. The summed E-state index contributed by atoms with van der Waals surface area (Å²) in [4.78, 5) is 33.4. The molecule has 10 heteroatoms. The van der Waals surface area contributed by atoms with Crippen molar-refractivity contribution in [3.63, 3.8) is 0 Å². The Morgan fingerprint density at radius 1 is 1.12 bits per heavy atom. The van der Waals surface area contributed by atoms with Gasteiger partial charge in [-0.2, -0.15) is 4.39 Å². The second kappa shape index (κ2) is 7.64. The zero-order valence-electron chi connectivity index (χ0n) is 13.0. The van der Waals surface area contributed by atoms with E-state index in [1.54, 1.807) is 0 Å². The summed E-state index contributed by atoms with van der Waals surface area (Å²) in [7, 11) is 0. The molecule has 0 bridgehead atoms. The molecule has 0 radical (unpaired) electrons. The minimum atomic E-state index is -1.35. The van der Waals surface area contributed by atoms with E-state index in [1.165, 1.54) is 6.07 Å². The molecule has 2 amide bonds. The third kappa shape index (κ3) is 4.35. The fraction of sp³-hybridized carbons (Fsp3) is 0.125. The van der Waals surface area contributed by atoms with Crippen LogP contribution in [-0.2, 0) is 11.2 Å². The Labute approximate surface area is 144 Å². The van der Waals surface area contributed by atoms with E-state index in [2.05, 4.69) is 5.32 Å². The molecule has 0 aliphatic carbocycles. The van der Waals surface area contributed by atoms with Crippen LogP contribution in [-0.4, -0.2) is 22.8 Å². The number of nitro benzene ring substituents is 1. The molecule has 3 N–H and O–H groups in total. The van der Waals surface area contributed by atoms with Gasteiger partial charge in [-0.05, 0) is 23.8 Å². The molecule has 2 rings (SSSR count). The summed E-state index contributed by atoms with van der Waals surface area (Å²) in [6, 6.07) is 3.82. The smallest absolute Gasteiger partial charge is 0.305 e. The predicted molar refractivity (Wildman–Crippen MR) is 83.6 cm³/mol. The number of nitrogens with zero attached hydrogens (tertiary/aromatic N) is 1. The van der Waals surface area contributed by atoms with Crippen LogP contribution in [0.1, 0.15) is 15.9 Å². The lowest BCUT2D eigenvalue weighted by atomic mass is 10.0. The standard InChI is InChI=1S/C16H12F3N3O4/c17-9-2-3-10(12(19)7-9)16(24)21-13(15(20)23)5-8-1-4-11(18)14(6-8)22(25)26/h1-4,6-7,13H,5H2,(H2,20,23)(H,21,24)/t13-/m0/s1. The van der Waals surface area contributed by atoms with Crippen LogP contribution in [0.3, 0.4) is 0 Å². The molecule has 0 aliphatic heterocycles. The molecule has 0 saturated heterocycles. The number of hydrogen-bond acceptors (Lipinski definition) is 4. The summed E-state index contributed by atoms with van der Waals surface area (Å²) < 4.78 is 39.9. The monoisotopic (exact) mass is 367 g/mol. The molecule has 0 aliphatic rings. The molecule has 0 unspecified atom stereocenters. The van der Waals surface area contributed by atoms with Crippen LogP contribution in [0.4, 0.5) is 18.9 Å². The Hall–Kier alpha value is -3.43. The van der Waals surface area contributed by atoms with Gasteiger partial charge in [0, 0.05) is 18.6 Å². The van der Waals surface area contributed by atoms with E-state index in [9.17, 15) is 32.9 Å². The molecule has 2 aromatic carbocycles. The highest BCUT2D eigenvalue weighted by Crippen LogP contribution is 2.19. The van der Waals surface area contributed by atoms with Crippen LogP contribution >= 0.6 is 0 Å². The van der Waals surface area contributed by atoms with Crippen molar-refractivity contribution in [1.29, 1.82) is 0 Å². The quantitative estimate of drug-likeness (QED) is 0.599. The number of carbonyl (C=O) groups excluding carboxylic acids is 2. The van der Waals surface area contributed by atoms with Gasteiger partial charge in [-0.1, -0.05) is 6.07 Å². The third-order valence-corrected chi connectivity index (χ3v) is 3.47. The van der Waals surface area contributed by atoms with Gasteiger partial charge in [0.15, 0.2) is 0 Å². The van der Waals surface area contributed by atoms with Crippen LogP contribution < -0.4 is 11.1 Å². The van der Waals surface area contributed by atoms with Gasteiger partial charge in [0.1, 0.15) is 17.7 Å². The molecule has 0 fully saturated rings. The number of carbonyl (C=O) groups is 2. The van der Waals surface area contributed by atoms with E-state index in [0.29, 0.717) is 6.07 Å². The largest absolute Gasteiger partial charge is 0.368 e. The lowest BCUT2D eigenvalue weighted by molar-refractivity contribution is -0.387. The Balaban J connectivity index is 2.22. The van der Waals surface area contributed by atoms with Crippen molar-refractivity contribution in [2.75, 3.05) is 0 Å². The fourth-order valence-electron chi connectivity index (χ4n) is 2.19. The highest BCUT2D eigenvalue weighted by Gasteiger charge is 2.23. The fourth-order valence-corrected chi connectivity index (χ4v) is 2.19. The highest BCUT2D eigenvalue weighted by molar-refractivity contribution is 5.97. The molecular weight excluding hydrogens is 355 g/mol. The Morgan fingerprint density at radius 3 is 2.38 bits per heavy atom. The van der Waals surface area contributed by atoms with Crippen LogP contribution in [0.2, 0.25) is 0 Å². The van der Waals surface area contributed by atoms with E-state index in [1.807, 2.05) is 0 Å². The number of rotatable bonds is 6. The van der Waals surface area contributed by atoms with Crippen LogP contribution in [0, 0.1) is 27.6 Å². The lowest BCUT2D eigenvalue weighted by Gasteiger charge is -2.16. The number of hydrogen-bond donors (Lipinski definition) is 2. The summed E-state index contributed by atoms with van der Waals surface area (Å²) in [5.74, 6) is -5.10. The average molecular weight is 367 g/mol. The van der Waals surface area contributed by atoms with Gasteiger partial charge in [0.2, 0.25) is 11.7 Å². The molecule has 0 heterocycles. The van der Waals surface area contributed by atoms with Gasteiger partial charge in [-0.15, -0.1) is 0 Å². The van der Waals surface area contributed by atoms with Crippen molar-refractivity contribution in [1.82, 2.24) is 5.32 Å². The summed E-state index contributed by atoms with van der Waals surface area (Å²) in [6.45, 7) is 0. The molecule has 0 aromatic heterocycles. The minimum Gasteiger partial charge on any atom is -0.368 e. The first kappa shape index (κ1) is 18.9. The first-order chi connectivity index (χ1) is 12.2. The number of amides is 2. The van der Waals surface area contributed by atoms with E-state index in [-0.39, 0.29) is 12.0 Å². The number of halogens is 3. The van der Waals surface area contributed by atoms with Gasteiger partial charge in [-0.3, -0.25) is 19.7 Å². The number of primary amides is 1. The maximum Gasteiger partial charge on any atom is 0.305 e. The summed E-state index contributed by atoms with van der Waals surface area (Å²) in [5, 5.41) is 12.9. The van der Waals surface area contributed by atoms with Gasteiger partial charge < -0.3 is 11.1 Å². The SMILES string of the molecule is NC(=O)[C@H](Cc1ccc(F)c([N+](=O)[O-])c1)NC(=O)c1ccc(F)cc1F. The van der Waals surface area contributed by atoms with Crippen molar-refractivity contribution < 1.29 is 27.7 Å². The zero-order chi connectivity index (χ0) is 19.4. The maximum absolute atomic E-state index is 13.6.